The molecule has 4 rings (SSSR count). The average Bonchev–Trinajstić information content (AvgIpc) is 3.18. The zero-order chi connectivity index (χ0) is 15.8. The number of para-hydroxylation sites is 1. The highest BCUT2D eigenvalue weighted by Gasteiger charge is 2.27. The minimum Gasteiger partial charge on any atom is -0.313 e. The van der Waals surface area contributed by atoms with Gasteiger partial charge in [-0.15, -0.1) is 10.2 Å². The van der Waals surface area contributed by atoms with Crippen LogP contribution in [0.2, 0.25) is 0 Å². The third kappa shape index (κ3) is 2.53. The minimum absolute atomic E-state index is 0.179. The van der Waals surface area contributed by atoms with Crippen LogP contribution in [0.3, 0.4) is 0 Å². The predicted octanol–water partition coefficient (Wildman–Crippen LogP) is 1.25. The molecule has 0 radical (unpaired) electrons. The van der Waals surface area contributed by atoms with Crippen LogP contribution in [-0.2, 0) is 30.7 Å². The van der Waals surface area contributed by atoms with Gasteiger partial charge in [-0.1, -0.05) is 25.1 Å². The Morgan fingerprint density at radius 2 is 2.04 bits per heavy atom. The minimum atomic E-state index is 0.179. The number of rotatable bonds is 3. The Bertz CT molecular complexity index is 738. The molecule has 0 saturated heterocycles. The van der Waals surface area contributed by atoms with Crippen LogP contribution in [0.4, 0.5) is 5.69 Å². The van der Waals surface area contributed by atoms with Crippen molar-refractivity contribution in [3.63, 3.8) is 0 Å². The van der Waals surface area contributed by atoms with Crippen molar-refractivity contribution in [3.05, 3.63) is 41.5 Å². The van der Waals surface area contributed by atoms with Crippen molar-refractivity contribution in [2.24, 2.45) is 0 Å². The van der Waals surface area contributed by atoms with E-state index in [4.69, 9.17) is 0 Å². The average molecular weight is 311 g/mol. The molecular formula is C17H21N5O. The van der Waals surface area contributed by atoms with Crippen molar-refractivity contribution in [3.8, 4) is 0 Å². The maximum Gasteiger partial charge on any atom is 0.241 e. The van der Waals surface area contributed by atoms with Crippen molar-refractivity contribution in [2.75, 3.05) is 24.5 Å². The van der Waals surface area contributed by atoms with Gasteiger partial charge in [0, 0.05) is 31.7 Å². The molecule has 1 amide bonds. The summed E-state index contributed by atoms with van der Waals surface area (Å²) in [6.45, 7) is 5.78. The molecule has 0 atom stereocenters. The molecule has 2 aliphatic rings. The summed E-state index contributed by atoms with van der Waals surface area (Å²) < 4.78 is 2.19. The van der Waals surface area contributed by atoms with E-state index >= 15 is 0 Å². The predicted molar refractivity (Wildman–Crippen MR) is 87.2 cm³/mol. The number of nitrogens with zero attached hydrogens (tertiary/aromatic N) is 5. The van der Waals surface area contributed by atoms with Gasteiger partial charge in [0.2, 0.25) is 5.91 Å². The maximum absolute atomic E-state index is 12.7. The zero-order valence-electron chi connectivity index (χ0n) is 13.4. The first-order valence-electron chi connectivity index (χ1n) is 8.28. The van der Waals surface area contributed by atoms with Crippen LogP contribution in [0.5, 0.6) is 0 Å². The SMILES string of the molecule is CCc1nnc2n1CCN(CC(=O)N1CCc3ccccc31)C2. The normalized spacial score (nSPS) is 17.2. The highest BCUT2D eigenvalue weighted by molar-refractivity contribution is 5.96. The smallest absolute Gasteiger partial charge is 0.241 e. The van der Waals surface area contributed by atoms with Gasteiger partial charge in [0.05, 0.1) is 13.1 Å². The fraction of sp³-hybridized carbons (Fsp3) is 0.471. The maximum atomic E-state index is 12.7. The molecule has 2 aliphatic heterocycles. The standard InChI is InChI=1S/C17H21N5O/c1-2-15-18-19-16-11-20(9-10-22(15)16)12-17(23)21-8-7-13-5-3-4-6-14(13)21/h3-6H,2,7-12H2,1H3. The molecule has 23 heavy (non-hydrogen) atoms. The van der Waals surface area contributed by atoms with Crippen LogP contribution in [0.25, 0.3) is 0 Å². The van der Waals surface area contributed by atoms with E-state index in [1.807, 2.05) is 23.1 Å². The Hall–Kier alpha value is -2.21. The Labute approximate surface area is 135 Å². The number of carbonyl (C=O) groups is 1. The highest BCUT2D eigenvalue weighted by atomic mass is 16.2. The monoisotopic (exact) mass is 311 g/mol. The molecule has 6 nitrogen and oxygen atoms in total. The summed E-state index contributed by atoms with van der Waals surface area (Å²) in [6, 6.07) is 8.19. The van der Waals surface area contributed by atoms with E-state index < -0.39 is 0 Å². The Kier molecular flexibility index (Phi) is 3.61. The topological polar surface area (TPSA) is 54.3 Å². The molecule has 120 valence electrons. The van der Waals surface area contributed by atoms with E-state index in [-0.39, 0.29) is 5.91 Å². The fourth-order valence-corrected chi connectivity index (χ4v) is 3.54. The second-order valence-corrected chi connectivity index (χ2v) is 6.17. The molecule has 3 heterocycles. The molecule has 0 unspecified atom stereocenters. The summed E-state index contributed by atoms with van der Waals surface area (Å²) in [7, 11) is 0. The van der Waals surface area contributed by atoms with Gasteiger partial charge in [-0.25, -0.2) is 0 Å². The first-order valence-corrected chi connectivity index (χ1v) is 8.28. The Morgan fingerprint density at radius 3 is 2.91 bits per heavy atom. The van der Waals surface area contributed by atoms with Crippen molar-refractivity contribution in [2.45, 2.75) is 32.9 Å². The summed E-state index contributed by atoms with van der Waals surface area (Å²) in [5, 5.41) is 8.49. The fourth-order valence-electron chi connectivity index (χ4n) is 3.54. The van der Waals surface area contributed by atoms with Crippen LogP contribution in [0.1, 0.15) is 24.1 Å². The van der Waals surface area contributed by atoms with E-state index in [9.17, 15) is 4.79 Å². The third-order valence-corrected chi connectivity index (χ3v) is 4.77. The van der Waals surface area contributed by atoms with E-state index in [0.29, 0.717) is 13.1 Å². The molecule has 0 saturated carbocycles. The van der Waals surface area contributed by atoms with Gasteiger partial charge in [0.25, 0.3) is 0 Å². The molecule has 0 N–H and O–H groups in total. The summed E-state index contributed by atoms with van der Waals surface area (Å²) >= 11 is 0. The number of benzene rings is 1. The first-order chi connectivity index (χ1) is 11.3. The molecule has 0 spiro atoms. The Morgan fingerprint density at radius 1 is 1.17 bits per heavy atom. The van der Waals surface area contributed by atoms with Crippen molar-refractivity contribution < 1.29 is 4.79 Å². The summed E-state index contributed by atoms with van der Waals surface area (Å²) in [5.41, 5.74) is 2.35. The van der Waals surface area contributed by atoms with Gasteiger partial charge in [0.15, 0.2) is 0 Å². The van der Waals surface area contributed by atoms with E-state index in [0.717, 1.165) is 49.8 Å². The van der Waals surface area contributed by atoms with Gasteiger partial charge in [-0.05, 0) is 18.1 Å². The van der Waals surface area contributed by atoms with Gasteiger partial charge in [-0.3, -0.25) is 9.69 Å². The van der Waals surface area contributed by atoms with Gasteiger partial charge < -0.3 is 9.47 Å². The highest BCUT2D eigenvalue weighted by Crippen LogP contribution is 2.27. The zero-order valence-corrected chi connectivity index (χ0v) is 13.4. The molecule has 0 bridgehead atoms. The first kappa shape index (κ1) is 14.4. The second kappa shape index (κ2) is 5.77. The lowest BCUT2D eigenvalue weighted by molar-refractivity contribution is -0.120. The van der Waals surface area contributed by atoms with Crippen LogP contribution < -0.4 is 4.90 Å². The number of fused-ring (bicyclic) bond motifs is 2. The van der Waals surface area contributed by atoms with E-state index in [1.54, 1.807) is 0 Å². The lowest BCUT2D eigenvalue weighted by Gasteiger charge is -2.29. The van der Waals surface area contributed by atoms with Crippen molar-refractivity contribution in [1.29, 1.82) is 0 Å². The summed E-state index contributed by atoms with van der Waals surface area (Å²) in [6.07, 6.45) is 1.85. The van der Waals surface area contributed by atoms with Crippen molar-refractivity contribution in [1.82, 2.24) is 19.7 Å². The molecule has 1 aromatic heterocycles. The van der Waals surface area contributed by atoms with E-state index in [2.05, 4.69) is 32.7 Å². The van der Waals surface area contributed by atoms with Gasteiger partial charge in [-0.2, -0.15) is 0 Å². The molecular weight excluding hydrogens is 290 g/mol. The third-order valence-electron chi connectivity index (χ3n) is 4.77. The van der Waals surface area contributed by atoms with Gasteiger partial charge >= 0.3 is 0 Å². The van der Waals surface area contributed by atoms with Crippen molar-refractivity contribution >= 4 is 11.6 Å². The quantitative estimate of drug-likeness (QED) is 0.856. The molecule has 1 aromatic carbocycles. The van der Waals surface area contributed by atoms with Gasteiger partial charge in [0.1, 0.15) is 11.6 Å². The molecule has 6 heteroatoms. The number of anilines is 1. The largest absolute Gasteiger partial charge is 0.313 e. The molecule has 0 aliphatic carbocycles. The van der Waals surface area contributed by atoms with E-state index in [1.165, 1.54) is 5.56 Å². The molecule has 0 fully saturated rings. The number of aromatic nitrogens is 3. The van der Waals surface area contributed by atoms with Crippen LogP contribution in [0.15, 0.2) is 24.3 Å². The number of amides is 1. The summed E-state index contributed by atoms with van der Waals surface area (Å²) in [5.74, 6) is 2.20. The summed E-state index contributed by atoms with van der Waals surface area (Å²) in [4.78, 5) is 16.8. The van der Waals surface area contributed by atoms with Crippen LogP contribution >= 0.6 is 0 Å². The second-order valence-electron chi connectivity index (χ2n) is 6.17. The number of carbonyl (C=O) groups excluding carboxylic acids is 1. The number of hydrogen-bond acceptors (Lipinski definition) is 4. The lowest BCUT2D eigenvalue weighted by Crippen LogP contribution is -2.43. The molecule has 2 aromatic rings. The van der Waals surface area contributed by atoms with Crippen LogP contribution in [-0.4, -0.2) is 45.2 Å². The number of aryl methyl sites for hydroxylation is 1. The lowest BCUT2D eigenvalue weighted by atomic mass is 10.2. The number of hydrogen-bond donors (Lipinski definition) is 0. The van der Waals surface area contributed by atoms with Crippen LogP contribution in [0, 0.1) is 0 Å². The Balaban J connectivity index is 1.44.